The highest BCUT2D eigenvalue weighted by Gasteiger charge is 2.26. The second-order valence-corrected chi connectivity index (χ2v) is 5.12. The maximum atomic E-state index is 12.6. The Bertz CT molecular complexity index is 785. The predicted molar refractivity (Wildman–Crippen MR) is 78.7 cm³/mol. The summed E-state index contributed by atoms with van der Waals surface area (Å²) >= 11 is 0. The summed E-state index contributed by atoms with van der Waals surface area (Å²) in [5.74, 6) is 0.133. The van der Waals surface area contributed by atoms with Gasteiger partial charge >= 0.3 is 0 Å². The second kappa shape index (κ2) is 5.59. The fraction of sp³-hybridized carbons (Fsp3) is 0.333. The molecular formula is C15H16N4O3. The molecule has 0 fully saturated rings. The van der Waals surface area contributed by atoms with Gasteiger partial charge in [0.2, 0.25) is 5.88 Å². The van der Waals surface area contributed by atoms with Gasteiger partial charge < -0.3 is 14.2 Å². The van der Waals surface area contributed by atoms with Crippen molar-refractivity contribution in [2.24, 2.45) is 7.05 Å². The van der Waals surface area contributed by atoms with Crippen LogP contribution in [0.5, 0.6) is 5.88 Å². The average Bonchev–Trinajstić information content (AvgIpc) is 2.57. The van der Waals surface area contributed by atoms with Crippen molar-refractivity contribution in [2.45, 2.75) is 13.0 Å². The van der Waals surface area contributed by atoms with E-state index < -0.39 is 0 Å². The van der Waals surface area contributed by atoms with E-state index in [2.05, 4.69) is 9.97 Å². The van der Waals surface area contributed by atoms with Crippen molar-refractivity contribution >= 4 is 5.91 Å². The topological polar surface area (TPSA) is 77.3 Å². The first kappa shape index (κ1) is 14.2. The SMILES string of the molecule is COc1ncccc1C(=O)N1CCc2c(ncn(C)c2=O)C1. The minimum atomic E-state index is -0.168. The zero-order chi connectivity index (χ0) is 15.7. The maximum Gasteiger partial charge on any atom is 0.259 e. The van der Waals surface area contributed by atoms with Gasteiger partial charge in [-0.2, -0.15) is 0 Å². The molecule has 1 amide bonds. The molecule has 0 radical (unpaired) electrons. The van der Waals surface area contributed by atoms with Gasteiger partial charge in [-0.25, -0.2) is 9.97 Å². The molecule has 2 aromatic heterocycles. The molecule has 7 heteroatoms. The minimum absolute atomic E-state index is 0.0453. The Morgan fingerprint density at radius 1 is 1.36 bits per heavy atom. The van der Waals surface area contributed by atoms with Crippen molar-refractivity contribution in [1.82, 2.24) is 19.4 Å². The van der Waals surface area contributed by atoms with Crippen LogP contribution in [-0.4, -0.2) is 39.0 Å². The van der Waals surface area contributed by atoms with Gasteiger partial charge in [-0.3, -0.25) is 9.59 Å². The summed E-state index contributed by atoms with van der Waals surface area (Å²) in [6.07, 6.45) is 3.57. The van der Waals surface area contributed by atoms with E-state index in [9.17, 15) is 9.59 Å². The summed E-state index contributed by atoms with van der Waals surface area (Å²) < 4.78 is 6.59. The van der Waals surface area contributed by atoms with Crippen LogP contribution in [0.4, 0.5) is 0 Å². The molecule has 0 saturated carbocycles. The summed E-state index contributed by atoms with van der Waals surface area (Å²) in [5, 5.41) is 0. The molecule has 0 saturated heterocycles. The first-order valence-corrected chi connectivity index (χ1v) is 6.93. The molecule has 0 unspecified atom stereocenters. The maximum absolute atomic E-state index is 12.6. The molecule has 22 heavy (non-hydrogen) atoms. The number of ether oxygens (including phenoxy) is 1. The summed E-state index contributed by atoms with van der Waals surface area (Å²) in [4.78, 5) is 34.7. The number of nitrogens with zero attached hydrogens (tertiary/aromatic N) is 4. The quantitative estimate of drug-likeness (QED) is 0.801. The summed E-state index contributed by atoms with van der Waals surface area (Å²) in [6.45, 7) is 0.799. The van der Waals surface area contributed by atoms with Crippen LogP contribution in [0.25, 0.3) is 0 Å². The van der Waals surface area contributed by atoms with Crippen LogP contribution < -0.4 is 10.3 Å². The Labute approximate surface area is 127 Å². The Hall–Kier alpha value is -2.70. The number of amides is 1. The first-order valence-electron chi connectivity index (χ1n) is 6.93. The summed E-state index contributed by atoms with van der Waals surface area (Å²) in [7, 11) is 3.16. The number of carbonyl (C=O) groups is 1. The van der Waals surface area contributed by atoms with Gasteiger partial charge in [0.25, 0.3) is 11.5 Å². The number of pyridine rings is 1. The third kappa shape index (κ3) is 2.34. The van der Waals surface area contributed by atoms with Crippen LogP contribution in [0, 0.1) is 0 Å². The Morgan fingerprint density at radius 2 is 2.18 bits per heavy atom. The van der Waals surface area contributed by atoms with Gasteiger partial charge in [-0.15, -0.1) is 0 Å². The summed E-state index contributed by atoms with van der Waals surface area (Å²) in [6, 6.07) is 3.38. The Kier molecular flexibility index (Phi) is 3.62. The van der Waals surface area contributed by atoms with Crippen LogP contribution in [0.3, 0.4) is 0 Å². The number of rotatable bonds is 2. The minimum Gasteiger partial charge on any atom is -0.480 e. The molecule has 0 atom stereocenters. The lowest BCUT2D eigenvalue weighted by Crippen LogP contribution is -2.40. The monoisotopic (exact) mass is 300 g/mol. The van der Waals surface area contributed by atoms with Gasteiger partial charge in [-0.1, -0.05) is 0 Å². The molecule has 0 aliphatic carbocycles. The van der Waals surface area contributed by atoms with E-state index in [-0.39, 0.29) is 11.5 Å². The van der Waals surface area contributed by atoms with Crippen LogP contribution in [0.2, 0.25) is 0 Å². The van der Waals surface area contributed by atoms with Gasteiger partial charge in [-0.05, 0) is 18.6 Å². The highest BCUT2D eigenvalue weighted by atomic mass is 16.5. The number of hydrogen-bond donors (Lipinski definition) is 0. The van der Waals surface area contributed by atoms with E-state index in [1.54, 1.807) is 30.3 Å². The van der Waals surface area contributed by atoms with Crippen LogP contribution in [0.15, 0.2) is 29.5 Å². The molecule has 114 valence electrons. The smallest absolute Gasteiger partial charge is 0.259 e. The van der Waals surface area contributed by atoms with Crippen LogP contribution in [-0.2, 0) is 20.0 Å². The normalized spacial score (nSPS) is 13.6. The van der Waals surface area contributed by atoms with E-state index in [0.29, 0.717) is 42.2 Å². The van der Waals surface area contributed by atoms with Gasteiger partial charge in [0.05, 0.1) is 25.7 Å². The highest BCUT2D eigenvalue weighted by molar-refractivity contribution is 5.96. The molecule has 1 aliphatic heterocycles. The number of fused-ring (bicyclic) bond motifs is 1. The largest absolute Gasteiger partial charge is 0.480 e. The second-order valence-electron chi connectivity index (χ2n) is 5.12. The molecule has 2 aromatic rings. The Balaban J connectivity index is 1.90. The fourth-order valence-electron chi connectivity index (χ4n) is 2.58. The molecule has 1 aliphatic rings. The molecule has 0 spiro atoms. The number of methoxy groups -OCH3 is 1. The van der Waals surface area contributed by atoms with Crippen molar-refractivity contribution < 1.29 is 9.53 Å². The number of aryl methyl sites for hydroxylation is 1. The van der Waals surface area contributed by atoms with Crippen molar-refractivity contribution in [3.63, 3.8) is 0 Å². The molecular weight excluding hydrogens is 284 g/mol. The van der Waals surface area contributed by atoms with Gasteiger partial charge in [0, 0.05) is 25.4 Å². The zero-order valence-electron chi connectivity index (χ0n) is 12.4. The van der Waals surface area contributed by atoms with Crippen LogP contribution in [0.1, 0.15) is 21.6 Å². The summed E-state index contributed by atoms with van der Waals surface area (Å²) in [5.41, 5.74) is 1.71. The Morgan fingerprint density at radius 3 is 2.95 bits per heavy atom. The molecule has 0 aromatic carbocycles. The van der Waals surface area contributed by atoms with E-state index in [4.69, 9.17) is 4.74 Å². The third-order valence-electron chi connectivity index (χ3n) is 3.77. The van der Waals surface area contributed by atoms with Crippen molar-refractivity contribution in [2.75, 3.05) is 13.7 Å². The zero-order valence-corrected chi connectivity index (χ0v) is 12.4. The number of hydrogen-bond acceptors (Lipinski definition) is 5. The fourth-order valence-corrected chi connectivity index (χ4v) is 2.58. The third-order valence-corrected chi connectivity index (χ3v) is 3.77. The lowest BCUT2D eigenvalue weighted by atomic mass is 10.1. The van der Waals surface area contributed by atoms with Crippen LogP contribution >= 0.6 is 0 Å². The first-order chi connectivity index (χ1) is 10.6. The molecule has 3 heterocycles. The van der Waals surface area contributed by atoms with E-state index in [0.717, 1.165) is 0 Å². The standard InChI is InChI=1S/C15H16N4O3/c1-18-9-17-12-8-19(7-5-10(12)14(18)20)15(21)11-4-3-6-16-13(11)22-2/h3-4,6,9H,5,7-8H2,1-2H3. The van der Waals surface area contributed by atoms with E-state index in [1.807, 2.05) is 0 Å². The lowest BCUT2D eigenvalue weighted by molar-refractivity contribution is 0.0726. The number of aromatic nitrogens is 3. The number of carbonyl (C=O) groups excluding carboxylic acids is 1. The van der Waals surface area contributed by atoms with Crippen molar-refractivity contribution in [3.8, 4) is 5.88 Å². The van der Waals surface area contributed by atoms with E-state index >= 15 is 0 Å². The highest BCUT2D eigenvalue weighted by Crippen LogP contribution is 2.20. The van der Waals surface area contributed by atoms with Gasteiger partial charge in [0.15, 0.2) is 0 Å². The molecule has 3 rings (SSSR count). The van der Waals surface area contributed by atoms with Crippen molar-refractivity contribution in [1.29, 1.82) is 0 Å². The van der Waals surface area contributed by atoms with Crippen molar-refractivity contribution in [3.05, 3.63) is 51.8 Å². The van der Waals surface area contributed by atoms with E-state index in [1.165, 1.54) is 18.0 Å². The molecule has 7 nitrogen and oxygen atoms in total. The molecule has 0 N–H and O–H groups in total. The molecule has 0 bridgehead atoms. The average molecular weight is 300 g/mol. The lowest BCUT2D eigenvalue weighted by Gasteiger charge is -2.28. The van der Waals surface area contributed by atoms with Gasteiger partial charge in [0.1, 0.15) is 5.56 Å². The predicted octanol–water partition coefficient (Wildman–Crippen LogP) is 0.382.